The molecule has 1 aromatic carbocycles. The molecular formula is C26H24ClN3O4. The molecule has 0 aliphatic heterocycles. The van der Waals surface area contributed by atoms with Gasteiger partial charge in [0.2, 0.25) is 0 Å². The van der Waals surface area contributed by atoms with Crippen molar-refractivity contribution in [1.82, 2.24) is 9.55 Å². The lowest BCUT2D eigenvalue weighted by Crippen LogP contribution is -2.30. The smallest absolute Gasteiger partial charge is 0.252 e. The average Bonchev–Trinajstić information content (AvgIpc) is 2.85. The zero-order valence-corrected chi connectivity index (χ0v) is 19.9. The molecule has 1 atom stereocenters. The van der Waals surface area contributed by atoms with Crippen LogP contribution in [0.3, 0.4) is 0 Å². The van der Waals surface area contributed by atoms with Gasteiger partial charge >= 0.3 is 0 Å². The predicted molar refractivity (Wildman–Crippen MR) is 129 cm³/mol. The summed E-state index contributed by atoms with van der Waals surface area (Å²) in [6.07, 6.45) is 3.82. The number of rotatable bonds is 9. The standard InChI is InChI=1S/C26H24ClN3O4/c1-4-22(24(32)10-16-6-9-21(29-14-16)23(31)5-2)30-15-25(34-3)20(12-26(30)33)19-11-18(27)8-7-17(19)13-28/h6-9,11-12,14-15,22H,4-5,10H2,1-3H3. The molecule has 1 unspecified atom stereocenters. The number of ketones is 2. The summed E-state index contributed by atoms with van der Waals surface area (Å²) in [5.41, 5.74) is 1.86. The number of methoxy groups -OCH3 is 1. The fraction of sp³-hybridized carbons (Fsp3) is 0.269. The SMILES string of the molecule is CCC(=O)c1ccc(CC(=O)C(CC)n2cc(OC)c(-c3cc(Cl)ccc3C#N)cc2=O)cn1. The molecule has 3 aromatic rings. The van der Waals surface area contributed by atoms with Crippen LogP contribution in [0.25, 0.3) is 11.1 Å². The number of carbonyl (C=O) groups is 2. The van der Waals surface area contributed by atoms with Gasteiger partial charge in [0.05, 0.1) is 31.0 Å². The van der Waals surface area contributed by atoms with Gasteiger partial charge in [0.1, 0.15) is 11.4 Å². The number of nitriles is 1. The van der Waals surface area contributed by atoms with Gasteiger partial charge in [-0.2, -0.15) is 5.26 Å². The Hall–Kier alpha value is -3.76. The molecule has 0 aliphatic carbocycles. The molecule has 0 bridgehead atoms. The molecule has 0 aliphatic rings. The van der Waals surface area contributed by atoms with Crippen LogP contribution in [0, 0.1) is 11.3 Å². The maximum absolute atomic E-state index is 13.1. The highest BCUT2D eigenvalue weighted by Gasteiger charge is 2.23. The number of Topliss-reactive ketones (excluding diaryl/α,β-unsaturated/α-hetero) is 2. The maximum Gasteiger partial charge on any atom is 0.252 e. The summed E-state index contributed by atoms with van der Waals surface area (Å²) in [5.74, 6) is 0.104. The second-order valence-electron chi connectivity index (χ2n) is 7.70. The first-order chi connectivity index (χ1) is 16.3. The Morgan fingerprint density at radius 2 is 1.94 bits per heavy atom. The summed E-state index contributed by atoms with van der Waals surface area (Å²) in [6.45, 7) is 3.58. The van der Waals surface area contributed by atoms with E-state index in [1.54, 1.807) is 37.3 Å². The summed E-state index contributed by atoms with van der Waals surface area (Å²) in [6, 6.07) is 10.8. The van der Waals surface area contributed by atoms with Crippen LogP contribution < -0.4 is 10.3 Å². The first kappa shape index (κ1) is 24.9. The Kier molecular flexibility index (Phi) is 7.98. The summed E-state index contributed by atoms with van der Waals surface area (Å²) in [7, 11) is 1.46. The third kappa shape index (κ3) is 5.24. The second-order valence-corrected chi connectivity index (χ2v) is 8.13. The van der Waals surface area contributed by atoms with Crippen LogP contribution in [0.4, 0.5) is 0 Å². The van der Waals surface area contributed by atoms with Gasteiger partial charge in [-0.15, -0.1) is 0 Å². The number of hydrogen-bond acceptors (Lipinski definition) is 6. The summed E-state index contributed by atoms with van der Waals surface area (Å²) < 4.78 is 6.86. The van der Waals surface area contributed by atoms with Crippen molar-refractivity contribution in [1.29, 1.82) is 5.26 Å². The molecule has 0 fully saturated rings. The fourth-order valence-corrected chi connectivity index (χ4v) is 3.93. The van der Waals surface area contributed by atoms with Crippen molar-refractivity contribution in [2.75, 3.05) is 7.11 Å². The van der Waals surface area contributed by atoms with Crippen LogP contribution in [0.15, 0.2) is 53.6 Å². The number of aromatic nitrogens is 2. The van der Waals surface area contributed by atoms with Crippen LogP contribution in [0.5, 0.6) is 5.75 Å². The van der Waals surface area contributed by atoms with Gasteiger partial charge < -0.3 is 9.30 Å². The number of carbonyl (C=O) groups excluding carboxylic acids is 2. The topological polar surface area (TPSA) is 102 Å². The maximum atomic E-state index is 13.1. The van der Waals surface area contributed by atoms with Gasteiger partial charge in [-0.25, -0.2) is 0 Å². The van der Waals surface area contributed by atoms with Crippen molar-refractivity contribution in [2.45, 2.75) is 39.2 Å². The van der Waals surface area contributed by atoms with E-state index in [1.165, 1.54) is 30.1 Å². The van der Waals surface area contributed by atoms with E-state index in [9.17, 15) is 19.6 Å². The highest BCUT2D eigenvalue weighted by Crippen LogP contribution is 2.33. The van der Waals surface area contributed by atoms with Crippen molar-refractivity contribution < 1.29 is 14.3 Å². The highest BCUT2D eigenvalue weighted by atomic mass is 35.5. The molecule has 34 heavy (non-hydrogen) atoms. The number of benzene rings is 1. The molecule has 0 saturated heterocycles. The molecule has 2 heterocycles. The van der Waals surface area contributed by atoms with Crippen molar-refractivity contribution in [3.8, 4) is 22.9 Å². The van der Waals surface area contributed by atoms with Gasteiger partial charge in [0.15, 0.2) is 11.6 Å². The van der Waals surface area contributed by atoms with Crippen molar-refractivity contribution in [3.05, 3.63) is 81.0 Å². The van der Waals surface area contributed by atoms with E-state index in [0.29, 0.717) is 51.6 Å². The minimum absolute atomic E-state index is 0.0650. The minimum Gasteiger partial charge on any atom is -0.495 e. The molecule has 2 aromatic heterocycles. The third-order valence-electron chi connectivity index (χ3n) is 5.56. The Labute approximate surface area is 202 Å². The fourth-order valence-electron chi connectivity index (χ4n) is 3.76. The Bertz CT molecular complexity index is 1320. The first-order valence-corrected chi connectivity index (χ1v) is 11.2. The number of nitrogens with zero attached hydrogens (tertiary/aromatic N) is 3. The summed E-state index contributed by atoms with van der Waals surface area (Å²) in [5, 5.41) is 9.89. The van der Waals surface area contributed by atoms with Crippen LogP contribution in [0.1, 0.15) is 54.3 Å². The van der Waals surface area contributed by atoms with Crippen LogP contribution >= 0.6 is 11.6 Å². The van der Waals surface area contributed by atoms with Crippen molar-refractivity contribution in [3.63, 3.8) is 0 Å². The number of hydrogen-bond donors (Lipinski definition) is 0. The molecular weight excluding hydrogens is 454 g/mol. The Balaban J connectivity index is 1.96. The molecule has 0 saturated carbocycles. The number of halogens is 1. The quantitative estimate of drug-likeness (QED) is 0.410. The molecule has 0 amide bonds. The third-order valence-corrected chi connectivity index (χ3v) is 5.80. The first-order valence-electron chi connectivity index (χ1n) is 10.8. The van der Waals surface area contributed by atoms with E-state index >= 15 is 0 Å². The van der Waals surface area contributed by atoms with Crippen molar-refractivity contribution >= 4 is 23.2 Å². The van der Waals surface area contributed by atoms with Crippen LogP contribution in [0.2, 0.25) is 5.02 Å². The molecule has 174 valence electrons. The van der Waals surface area contributed by atoms with E-state index in [0.717, 1.165) is 0 Å². The van der Waals surface area contributed by atoms with E-state index in [4.69, 9.17) is 16.3 Å². The van der Waals surface area contributed by atoms with Gasteiger partial charge in [0.25, 0.3) is 5.56 Å². The Morgan fingerprint density at radius 1 is 1.18 bits per heavy atom. The lowest BCUT2D eigenvalue weighted by atomic mass is 9.99. The second kappa shape index (κ2) is 10.9. The Morgan fingerprint density at radius 3 is 2.53 bits per heavy atom. The molecule has 0 radical (unpaired) electrons. The van der Waals surface area contributed by atoms with Crippen molar-refractivity contribution in [2.24, 2.45) is 0 Å². The largest absolute Gasteiger partial charge is 0.495 e. The van der Waals surface area contributed by atoms with E-state index in [2.05, 4.69) is 11.1 Å². The van der Waals surface area contributed by atoms with Crippen LogP contribution in [-0.2, 0) is 11.2 Å². The molecule has 3 rings (SSSR count). The molecule has 7 nitrogen and oxygen atoms in total. The average molecular weight is 478 g/mol. The van der Waals surface area contributed by atoms with Gasteiger partial charge in [-0.1, -0.05) is 31.5 Å². The lowest BCUT2D eigenvalue weighted by molar-refractivity contribution is -0.121. The van der Waals surface area contributed by atoms with Crippen LogP contribution in [-0.4, -0.2) is 28.2 Å². The summed E-state index contributed by atoms with van der Waals surface area (Å²) >= 11 is 6.12. The zero-order chi connectivity index (χ0) is 24.8. The van der Waals surface area contributed by atoms with Gasteiger partial charge in [-0.05, 0) is 36.2 Å². The molecule has 0 spiro atoms. The zero-order valence-electron chi connectivity index (χ0n) is 19.2. The highest BCUT2D eigenvalue weighted by molar-refractivity contribution is 6.31. The number of pyridine rings is 2. The summed E-state index contributed by atoms with van der Waals surface area (Å²) in [4.78, 5) is 42.1. The van der Waals surface area contributed by atoms with E-state index in [-0.39, 0.29) is 18.0 Å². The van der Waals surface area contributed by atoms with Gasteiger partial charge in [-0.3, -0.25) is 19.4 Å². The van der Waals surface area contributed by atoms with E-state index in [1.807, 2.05) is 6.92 Å². The predicted octanol–water partition coefficient (Wildman–Crippen LogP) is 4.80. The lowest BCUT2D eigenvalue weighted by Gasteiger charge is -2.20. The normalized spacial score (nSPS) is 11.5. The monoisotopic (exact) mass is 477 g/mol. The molecule has 8 heteroatoms. The minimum atomic E-state index is -0.720. The molecule has 0 N–H and O–H groups in total. The number of ether oxygens (including phenoxy) is 1. The van der Waals surface area contributed by atoms with Gasteiger partial charge in [0, 0.05) is 41.3 Å². The van der Waals surface area contributed by atoms with E-state index < -0.39 is 11.6 Å².